The molecular formula is C15H30N2O3. The average molecular weight is 286 g/mol. The van der Waals surface area contributed by atoms with Gasteiger partial charge in [-0.2, -0.15) is 0 Å². The summed E-state index contributed by atoms with van der Waals surface area (Å²) in [5.74, 6) is -0.278. The molecule has 0 heterocycles. The van der Waals surface area contributed by atoms with Crippen LogP contribution in [0.3, 0.4) is 0 Å². The second kappa shape index (κ2) is 10.7. The van der Waals surface area contributed by atoms with Gasteiger partial charge in [0, 0.05) is 12.5 Å². The van der Waals surface area contributed by atoms with Crippen LogP contribution in [0.25, 0.3) is 0 Å². The second-order valence-corrected chi connectivity index (χ2v) is 5.88. The van der Waals surface area contributed by atoms with Crippen LogP contribution in [-0.2, 0) is 9.59 Å². The van der Waals surface area contributed by atoms with Gasteiger partial charge in [0.25, 0.3) is 0 Å². The highest BCUT2D eigenvalue weighted by atomic mass is 16.4. The van der Waals surface area contributed by atoms with Crippen LogP contribution in [0.4, 0.5) is 0 Å². The van der Waals surface area contributed by atoms with Crippen molar-refractivity contribution >= 4 is 11.9 Å². The number of rotatable bonds is 11. The maximum Gasteiger partial charge on any atom is 0.305 e. The lowest BCUT2D eigenvalue weighted by Gasteiger charge is -2.21. The molecule has 0 aliphatic rings. The topological polar surface area (TPSA) is 92.4 Å². The molecule has 5 heteroatoms. The SMILES string of the molecule is CCCC(C)CC(CC(=O)O)NC(=O)CC(C)CCN. The summed E-state index contributed by atoms with van der Waals surface area (Å²) >= 11 is 0. The lowest BCUT2D eigenvalue weighted by atomic mass is 9.95. The van der Waals surface area contributed by atoms with Crippen LogP contribution < -0.4 is 11.1 Å². The van der Waals surface area contributed by atoms with E-state index in [0.29, 0.717) is 18.9 Å². The Bertz CT molecular complexity index is 295. The van der Waals surface area contributed by atoms with Crippen molar-refractivity contribution in [3.05, 3.63) is 0 Å². The third kappa shape index (κ3) is 9.78. The fourth-order valence-corrected chi connectivity index (χ4v) is 2.49. The second-order valence-electron chi connectivity index (χ2n) is 5.88. The molecule has 3 unspecified atom stereocenters. The maximum atomic E-state index is 11.9. The van der Waals surface area contributed by atoms with Crippen LogP contribution in [0.2, 0.25) is 0 Å². The van der Waals surface area contributed by atoms with Crippen LogP contribution in [0.15, 0.2) is 0 Å². The van der Waals surface area contributed by atoms with E-state index >= 15 is 0 Å². The minimum Gasteiger partial charge on any atom is -0.481 e. The number of nitrogens with one attached hydrogen (secondary N) is 1. The Kier molecular flexibility index (Phi) is 10.1. The zero-order valence-corrected chi connectivity index (χ0v) is 13.0. The van der Waals surface area contributed by atoms with Crippen molar-refractivity contribution in [2.45, 2.75) is 65.3 Å². The van der Waals surface area contributed by atoms with Gasteiger partial charge in [-0.05, 0) is 31.2 Å². The van der Waals surface area contributed by atoms with Crippen LogP contribution >= 0.6 is 0 Å². The molecule has 20 heavy (non-hydrogen) atoms. The average Bonchev–Trinajstić information content (AvgIpc) is 2.27. The highest BCUT2D eigenvalue weighted by molar-refractivity contribution is 5.77. The molecule has 0 spiro atoms. The summed E-state index contributed by atoms with van der Waals surface area (Å²) < 4.78 is 0. The molecule has 0 fully saturated rings. The number of amides is 1. The fraction of sp³-hybridized carbons (Fsp3) is 0.867. The van der Waals surface area contributed by atoms with Crippen molar-refractivity contribution in [3.8, 4) is 0 Å². The van der Waals surface area contributed by atoms with E-state index in [1.807, 2.05) is 6.92 Å². The number of hydrogen-bond acceptors (Lipinski definition) is 3. The highest BCUT2D eigenvalue weighted by Crippen LogP contribution is 2.15. The van der Waals surface area contributed by atoms with Gasteiger partial charge >= 0.3 is 5.97 Å². The van der Waals surface area contributed by atoms with Crippen molar-refractivity contribution in [2.24, 2.45) is 17.6 Å². The number of carbonyl (C=O) groups is 2. The molecule has 0 radical (unpaired) electrons. The molecule has 0 aliphatic carbocycles. The van der Waals surface area contributed by atoms with E-state index in [-0.39, 0.29) is 24.3 Å². The third-order valence-corrected chi connectivity index (χ3v) is 3.45. The molecule has 1 amide bonds. The Balaban J connectivity index is 4.33. The molecule has 0 bridgehead atoms. The van der Waals surface area contributed by atoms with Crippen molar-refractivity contribution in [3.63, 3.8) is 0 Å². The molecule has 5 nitrogen and oxygen atoms in total. The zero-order chi connectivity index (χ0) is 15.5. The van der Waals surface area contributed by atoms with E-state index in [0.717, 1.165) is 25.7 Å². The fourth-order valence-electron chi connectivity index (χ4n) is 2.49. The molecule has 0 aromatic rings. The summed E-state index contributed by atoms with van der Waals surface area (Å²) in [6.07, 6.45) is 4.05. The van der Waals surface area contributed by atoms with Gasteiger partial charge in [-0.25, -0.2) is 0 Å². The first-order chi connectivity index (χ1) is 9.38. The number of nitrogens with two attached hydrogens (primary N) is 1. The van der Waals surface area contributed by atoms with Gasteiger partial charge in [0.05, 0.1) is 6.42 Å². The maximum absolute atomic E-state index is 11.9. The van der Waals surface area contributed by atoms with Gasteiger partial charge in [0.2, 0.25) is 5.91 Å². The minimum absolute atomic E-state index is 0.00886. The summed E-state index contributed by atoms with van der Waals surface area (Å²) in [6, 6.07) is -0.272. The molecule has 0 saturated heterocycles. The van der Waals surface area contributed by atoms with Crippen LogP contribution in [0, 0.1) is 11.8 Å². The largest absolute Gasteiger partial charge is 0.481 e. The first-order valence-corrected chi connectivity index (χ1v) is 7.60. The quantitative estimate of drug-likeness (QED) is 0.542. The Morgan fingerprint density at radius 2 is 1.80 bits per heavy atom. The Hall–Kier alpha value is -1.10. The van der Waals surface area contributed by atoms with Crippen molar-refractivity contribution in [2.75, 3.05) is 6.54 Å². The lowest BCUT2D eigenvalue weighted by Crippen LogP contribution is -2.38. The molecule has 3 atom stereocenters. The molecule has 0 rings (SSSR count). The van der Waals surface area contributed by atoms with Crippen LogP contribution in [-0.4, -0.2) is 29.6 Å². The predicted molar refractivity (Wildman–Crippen MR) is 80.3 cm³/mol. The molecule has 4 N–H and O–H groups in total. The third-order valence-electron chi connectivity index (χ3n) is 3.45. The van der Waals surface area contributed by atoms with Gasteiger partial charge in [-0.1, -0.05) is 33.6 Å². The van der Waals surface area contributed by atoms with Gasteiger partial charge in [-0.15, -0.1) is 0 Å². The van der Waals surface area contributed by atoms with Gasteiger partial charge in [0.1, 0.15) is 0 Å². The van der Waals surface area contributed by atoms with E-state index < -0.39 is 5.97 Å². The number of aliphatic carboxylic acids is 1. The summed E-state index contributed by atoms with van der Waals surface area (Å²) in [4.78, 5) is 22.8. The Morgan fingerprint density at radius 1 is 1.15 bits per heavy atom. The molecule has 0 aliphatic heterocycles. The summed E-state index contributed by atoms with van der Waals surface area (Å²) in [5.41, 5.74) is 5.46. The van der Waals surface area contributed by atoms with E-state index in [4.69, 9.17) is 10.8 Å². The summed E-state index contributed by atoms with van der Waals surface area (Å²) in [6.45, 7) is 6.76. The van der Waals surface area contributed by atoms with E-state index in [2.05, 4.69) is 19.2 Å². The molecule has 118 valence electrons. The summed E-state index contributed by atoms with van der Waals surface area (Å²) in [7, 11) is 0. The van der Waals surface area contributed by atoms with Crippen LogP contribution in [0.5, 0.6) is 0 Å². The van der Waals surface area contributed by atoms with Crippen LogP contribution in [0.1, 0.15) is 59.3 Å². The van der Waals surface area contributed by atoms with Crippen molar-refractivity contribution in [1.29, 1.82) is 0 Å². The van der Waals surface area contributed by atoms with Gasteiger partial charge < -0.3 is 16.2 Å². The number of carboxylic acids is 1. The first kappa shape index (κ1) is 18.9. The number of carbonyl (C=O) groups excluding carboxylic acids is 1. The monoisotopic (exact) mass is 286 g/mol. The Labute approximate surface area is 122 Å². The first-order valence-electron chi connectivity index (χ1n) is 7.60. The molecule has 0 aromatic carbocycles. The Morgan fingerprint density at radius 3 is 2.30 bits per heavy atom. The summed E-state index contributed by atoms with van der Waals surface area (Å²) in [5, 5.41) is 11.8. The van der Waals surface area contributed by atoms with Crippen molar-refractivity contribution < 1.29 is 14.7 Å². The smallest absolute Gasteiger partial charge is 0.305 e. The normalized spacial score (nSPS) is 15.4. The highest BCUT2D eigenvalue weighted by Gasteiger charge is 2.19. The van der Waals surface area contributed by atoms with E-state index in [9.17, 15) is 9.59 Å². The van der Waals surface area contributed by atoms with Crippen molar-refractivity contribution in [1.82, 2.24) is 5.32 Å². The van der Waals surface area contributed by atoms with Gasteiger partial charge in [-0.3, -0.25) is 9.59 Å². The van der Waals surface area contributed by atoms with Gasteiger partial charge in [0.15, 0.2) is 0 Å². The van der Waals surface area contributed by atoms with E-state index in [1.54, 1.807) is 0 Å². The zero-order valence-electron chi connectivity index (χ0n) is 13.0. The minimum atomic E-state index is -0.867. The lowest BCUT2D eigenvalue weighted by molar-refractivity contribution is -0.137. The number of hydrogen-bond donors (Lipinski definition) is 3. The number of carboxylic acid groups (broad SMARTS) is 1. The molecule has 0 saturated carbocycles. The molecular weight excluding hydrogens is 256 g/mol. The standard InChI is InChI=1S/C15H30N2O3/c1-4-5-11(2)8-13(10-15(19)20)17-14(18)9-12(3)6-7-16/h11-13H,4-10,16H2,1-3H3,(H,17,18)(H,19,20). The van der Waals surface area contributed by atoms with E-state index in [1.165, 1.54) is 0 Å². The molecule has 0 aromatic heterocycles. The predicted octanol–water partition coefficient (Wildman–Crippen LogP) is 2.15.